The van der Waals surface area contributed by atoms with Crippen LogP contribution in [0.1, 0.15) is 17.5 Å². The van der Waals surface area contributed by atoms with Gasteiger partial charge in [0.25, 0.3) is 0 Å². The lowest BCUT2D eigenvalue weighted by molar-refractivity contribution is -0.143. The fraction of sp³-hybridized carbons (Fsp3) is 0.474. The van der Waals surface area contributed by atoms with Crippen molar-refractivity contribution in [1.29, 1.82) is 5.26 Å². The summed E-state index contributed by atoms with van der Waals surface area (Å²) in [4.78, 5) is 39.8. The predicted molar refractivity (Wildman–Crippen MR) is 93.7 cm³/mol. The van der Waals surface area contributed by atoms with E-state index in [4.69, 9.17) is 5.26 Å². The Labute approximate surface area is 152 Å². The molecular formula is C19H22N4O3. The molecule has 1 unspecified atom stereocenters. The number of nitrogens with one attached hydrogen (secondary N) is 1. The van der Waals surface area contributed by atoms with Gasteiger partial charge >= 0.3 is 0 Å². The van der Waals surface area contributed by atoms with Crippen LogP contribution in [-0.2, 0) is 27.2 Å². The van der Waals surface area contributed by atoms with E-state index in [1.807, 2.05) is 24.3 Å². The largest absolute Gasteiger partial charge is 0.359 e. The molecule has 7 nitrogen and oxygen atoms in total. The number of hydrogen-bond acceptors (Lipinski definition) is 4. The molecule has 2 aliphatic heterocycles. The molecule has 0 bridgehead atoms. The maximum atomic E-state index is 12.5. The van der Waals surface area contributed by atoms with E-state index in [1.165, 1.54) is 0 Å². The normalized spacial score (nSPS) is 19.8. The zero-order chi connectivity index (χ0) is 18.7. The average Bonchev–Trinajstić information content (AvgIpc) is 2.96. The van der Waals surface area contributed by atoms with Crippen LogP contribution < -0.4 is 5.32 Å². The van der Waals surface area contributed by atoms with Gasteiger partial charge in [0.2, 0.25) is 17.7 Å². The van der Waals surface area contributed by atoms with Gasteiger partial charge in [-0.05, 0) is 11.1 Å². The first-order valence-electron chi connectivity index (χ1n) is 8.76. The van der Waals surface area contributed by atoms with Gasteiger partial charge in [0.05, 0.1) is 30.9 Å². The Hall–Kier alpha value is -2.88. The molecule has 2 fully saturated rings. The summed E-state index contributed by atoms with van der Waals surface area (Å²) in [5.41, 5.74) is 1.75. The standard InChI is InChI=1S/C19H22N4O3/c1-21-19(26)15-9-18(25)23(10-15)16-11-22(12-16)17(24)8-14-5-3-2-4-13(14)6-7-20/h2-5,15-16H,6,8-12H2,1H3,(H,21,26). The lowest BCUT2D eigenvalue weighted by Crippen LogP contribution is -2.61. The highest BCUT2D eigenvalue weighted by Gasteiger charge is 2.43. The summed E-state index contributed by atoms with van der Waals surface area (Å²) in [5.74, 6) is -0.423. The van der Waals surface area contributed by atoms with E-state index in [-0.39, 0.29) is 48.9 Å². The van der Waals surface area contributed by atoms with Gasteiger partial charge in [-0.15, -0.1) is 0 Å². The van der Waals surface area contributed by atoms with E-state index >= 15 is 0 Å². The highest BCUT2D eigenvalue weighted by atomic mass is 16.2. The zero-order valence-corrected chi connectivity index (χ0v) is 14.8. The second-order valence-electron chi connectivity index (χ2n) is 6.79. The van der Waals surface area contributed by atoms with E-state index in [9.17, 15) is 14.4 Å². The monoisotopic (exact) mass is 354 g/mol. The average molecular weight is 354 g/mol. The number of nitriles is 1. The van der Waals surface area contributed by atoms with E-state index in [1.54, 1.807) is 16.8 Å². The number of likely N-dealkylation sites (tertiary alicyclic amines) is 2. The second-order valence-corrected chi connectivity index (χ2v) is 6.79. The van der Waals surface area contributed by atoms with E-state index in [0.29, 0.717) is 19.6 Å². The number of rotatable bonds is 5. The number of carbonyl (C=O) groups is 3. The van der Waals surface area contributed by atoms with Crippen LogP contribution in [0.3, 0.4) is 0 Å². The number of nitrogens with zero attached hydrogens (tertiary/aromatic N) is 3. The molecule has 1 N–H and O–H groups in total. The Morgan fingerprint density at radius 1 is 1.23 bits per heavy atom. The third-order valence-electron chi connectivity index (χ3n) is 5.16. The third-order valence-corrected chi connectivity index (χ3v) is 5.16. The van der Waals surface area contributed by atoms with Gasteiger partial charge in [-0.1, -0.05) is 24.3 Å². The van der Waals surface area contributed by atoms with Crippen molar-refractivity contribution in [2.24, 2.45) is 5.92 Å². The minimum absolute atomic E-state index is 0.00105. The Morgan fingerprint density at radius 3 is 2.58 bits per heavy atom. The maximum Gasteiger partial charge on any atom is 0.227 e. The number of benzene rings is 1. The molecule has 0 aromatic heterocycles. The smallest absolute Gasteiger partial charge is 0.227 e. The predicted octanol–water partition coefficient (Wildman–Crippen LogP) is 0.100. The molecule has 0 spiro atoms. The van der Waals surface area contributed by atoms with Crippen molar-refractivity contribution in [3.05, 3.63) is 35.4 Å². The molecule has 2 aliphatic rings. The minimum atomic E-state index is -0.296. The first-order valence-corrected chi connectivity index (χ1v) is 8.76. The van der Waals surface area contributed by atoms with Crippen molar-refractivity contribution < 1.29 is 14.4 Å². The highest BCUT2D eigenvalue weighted by Crippen LogP contribution is 2.25. The SMILES string of the molecule is CNC(=O)C1CC(=O)N(C2CN(C(=O)Cc3ccccc3CC#N)C2)C1. The Balaban J connectivity index is 1.54. The second kappa shape index (κ2) is 7.56. The van der Waals surface area contributed by atoms with Crippen LogP contribution in [0.5, 0.6) is 0 Å². The summed E-state index contributed by atoms with van der Waals surface area (Å²) in [6.45, 7) is 1.44. The molecule has 2 heterocycles. The van der Waals surface area contributed by atoms with E-state index < -0.39 is 0 Å². The van der Waals surface area contributed by atoms with Gasteiger partial charge < -0.3 is 15.1 Å². The molecule has 1 atom stereocenters. The van der Waals surface area contributed by atoms with E-state index in [2.05, 4.69) is 11.4 Å². The van der Waals surface area contributed by atoms with Crippen molar-refractivity contribution in [3.63, 3.8) is 0 Å². The van der Waals surface area contributed by atoms with Gasteiger partial charge in [-0.3, -0.25) is 14.4 Å². The maximum absolute atomic E-state index is 12.5. The van der Waals surface area contributed by atoms with Crippen molar-refractivity contribution in [1.82, 2.24) is 15.1 Å². The molecular weight excluding hydrogens is 332 g/mol. The molecule has 1 aromatic carbocycles. The zero-order valence-electron chi connectivity index (χ0n) is 14.8. The fourth-order valence-corrected chi connectivity index (χ4v) is 3.58. The summed E-state index contributed by atoms with van der Waals surface area (Å²) in [5, 5.41) is 11.5. The number of carbonyl (C=O) groups excluding carboxylic acids is 3. The lowest BCUT2D eigenvalue weighted by Gasteiger charge is -2.44. The molecule has 2 saturated heterocycles. The molecule has 3 amide bonds. The highest BCUT2D eigenvalue weighted by molar-refractivity contribution is 5.89. The Kier molecular flexibility index (Phi) is 5.21. The number of hydrogen-bond donors (Lipinski definition) is 1. The first kappa shape index (κ1) is 17.9. The van der Waals surface area contributed by atoms with Gasteiger partial charge in [-0.25, -0.2) is 0 Å². The minimum Gasteiger partial charge on any atom is -0.359 e. The van der Waals surface area contributed by atoms with Crippen LogP contribution in [0.4, 0.5) is 0 Å². The van der Waals surface area contributed by atoms with Crippen LogP contribution in [0.25, 0.3) is 0 Å². The molecule has 0 saturated carbocycles. The van der Waals surface area contributed by atoms with Crippen LogP contribution in [0.2, 0.25) is 0 Å². The van der Waals surface area contributed by atoms with E-state index in [0.717, 1.165) is 11.1 Å². The molecule has 1 aromatic rings. The summed E-state index contributed by atoms with van der Waals surface area (Å²) < 4.78 is 0. The molecule has 136 valence electrons. The summed E-state index contributed by atoms with van der Waals surface area (Å²) in [6, 6.07) is 9.59. The molecule has 0 radical (unpaired) electrons. The van der Waals surface area contributed by atoms with Crippen molar-refractivity contribution in [3.8, 4) is 6.07 Å². The molecule has 0 aliphatic carbocycles. The van der Waals surface area contributed by atoms with Gasteiger partial charge in [0, 0.05) is 33.1 Å². The molecule has 26 heavy (non-hydrogen) atoms. The Morgan fingerprint density at radius 2 is 1.92 bits per heavy atom. The van der Waals surface area contributed by atoms with Crippen molar-refractivity contribution in [2.45, 2.75) is 25.3 Å². The topological polar surface area (TPSA) is 93.5 Å². The molecule has 7 heteroatoms. The van der Waals surface area contributed by atoms with Crippen molar-refractivity contribution in [2.75, 3.05) is 26.7 Å². The molecule has 3 rings (SSSR count). The summed E-state index contributed by atoms with van der Waals surface area (Å²) in [6.07, 6.45) is 0.792. The first-order chi connectivity index (χ1) is 12.5. The quantitative estimate of drug-likeness (QED) is 0.812. The fourth-order valence-electron chi connectivity index (χ4n) is 3.58. The summed E-state index contributed by atoms with van der Waals surface area (Å²) in [7, 11) is 1.57. The van der Waals surface area contributed by atoms with Crippen LogP contribution >= 0.6 is 0 Å². The van der Waals surface area contributed by atoms with Crippen LogP contribution in [0, 0.1) is 17.2 Å². The summed E-state index contributed by atoms with van der Waals surface area (Å²) >= 11 is 0. The van der Waals surface area contributed by atoms with Gasteiger partial charge in [-0.2, -0.15) is 5.26 Å². The number of amides is 3. The van der Waals surface area contributed by atoms with Crippen molar-refractivity contribution >= 4 is 17.7 Å². The van der Waals surface area contributed by atoms with Crippen LogP contribution in [-0.4, -0.2) is 60.2 Å². The van der Waals surface area contributed by atoms with Crippen LogP contribution in [0.15, 0.2) is 24.3 Å². The van der Waals surface area contributed by atoms with Gasteiger partial charge in [0.15, 0.2) is 0 Å². The third kappa shape index (κ3) is 3.54. The lowest BCUT2D eigenvalue weighted by atomic mass is 10.00. The van der Waals surface area contributed by atoms with Gasteiger partial charge in [0.1, 0.15) is 0 Å². The Bertz CT molecular complexity index is 764.